The highest BCUT2D eigenvalue weighted by Crippen LogP contribution is 2.33. The zero-order valence-corrected chi connectivity index (χ0v) is 17.5. The second kappa shape index (κ2) is 10.0. The monoisotopic (exact) mass is 403 g/mol. The fourth-order valence-electron chi connectivity index (χ4n) is 2.53. The molecule has 2 aromatic carbocycles. The van der Waals surface area contributed by atoms with Gasteiger partial charge in [0.05, 0.1) is 31.6 Å². The van der Waals surface area contributed by atoms with Crippen molar-refractivity contribution in [2.75, 3.05) is 26.1 Å². The summed E-state index contributed by atoms with van der Waals surface area (Å²) in [5.74, 6) is 0.749. The number of amides is 1. The van der Waals surface area contributed by atoms with Gasteiger partial charge in [0.25, 0.3) is 0 Å². The number of ether oxygens (including phenoxy) is 3. The number of thioether (sulfide) groups is 1. The smallest absolute Gasteiger partial charge is 0.338 e. The molecular weight excluding hydrogens is 378 g/mol. The van der Waals surface area contributed by atoms with Crippen molar-refractivity contribution >= 4 is 29.3 Å². The van der Waals surface area contributed by atoms with E-state index in [1.165, 1.54) is 11.8 Å². The van der Waals surface area contributed by atoms with Gasteiger partial charge in [-0.2, -0.15) is 0 Å². The third kappa shape index (κ3) is 5.42. The second-order valence-electron chi connectivity index (χ2n) is 6.02. The highest BCUT2D eigenvalue weighted by atomic mass is 32.2. The molecule has 2 rings (SSSR count). The summed E-state index contributed by atoms with van der Waals surface area (Å²) in [4.78, 5) is 25.3. The van der Waals surface area contributed by atoms with Crippen molar-refractivity contribution in [1.82, 2.24) is 0 Å². The number of methoxy groups -OCH3 is 2. The molecule has 0 fully saturated rings. The molecule has 0 aliphatic carbocycles. The van der Waals surface area contributed by atoms with Crippen molar-refractivity contribution in [2.45, 2.75) is 30.9 Å². The van der Waals surface area contributed by atoms with E-state index >= 15 is 0 Å². The lowest BCUT2D eigenvalue weighted by atomic mass is 10.1. The molecule has 0 heterocycles. The predicted molar refractivity (Wildman–Crippen MR) is 111 cm³/mol. The zero-order chi connectivity index (χ0) is 20.7. The van der Waals surface area contributed by atoms with E-state index in [-0.39, 0.29) is 17.1 Å². The average molecular weight is 404 g/mol. The van der Waals surface area contributed by atoms with Crippen LogP contribution in [0.4, 0.5) is 5.69 Å². The molecule has 0 aliphatic heterocycles. The number of hydrogen-bond acceptors (Lipinski definition) is 6. The van der Waals surface area contributed by atoms with Gasteiger partial charge in [0.2, 0.25) is 5.91 Å². The summed E-state index contributed by atoms with van der Waals surface area (Å²) in [6, 6.07) is 10.6. The standard InChI is InChI=1S/C21H25NO5S/c1-6-27-21(24)15-7-9-17(13(2)11-15)22-20(23)14(3)28-16-8-10-18(25-4)19(12-16)26-5/h7-12,14H,6H2,1-5H3,(H,22,23)/t14-/m1/s1. The van der Waals surface area contributed by atoms with Gasteiger partial charge in [-0.25, -0.2) is 4.79 Å². The molecule has 28 heavy (non-hydrogen) atoms. The van der Waals surface area contributed by atoms with E-state index in [1.54, 1.807) is 39.3 Å². The summed E-state index contributed by atoms with van der Waals surface area (Å²) in [6.45, 7) is 5.75. The van der Waals surface area contributed by atoms with Crippen LogP contribution < -0.4 is 14.8 Å². The van der Waals surface area contributed by atoms with E-state index in [1.807, 2.05) is 32.0 Å². The van der Waals surface area contributed by atoms with Crippen LogP contribution in [0.5, 0.6) is 11.5 Å². The molecule has 150 valence electrons. The first-order chi connectivity index (χ1) is 13.4. The Hall–Kier alpha value is -2.67. The Balaban J connectivity index is 2.05. The van der Waals surface area contributed by atoms with Crippen molar-refractivity contribution in [1.29, 1.82) is 0 Å². The molecule has 2 aromatic rings. The summed E-state index contributed by atoms with van der Waals surface area (Å²) in [5.41, 5.74) is 1.92. The van der Waals surface area contributed by atoms with Crippen LogP contribution in [0.15, 0.2) is 41.3 Å². The minimum Gasteiger partial charge on any atom is -0.493 e. The molecular formula is C21H25NO5S. The summed E-state index contributed by atoms with van der Waals surface area (Å²) in [6.07, 6.45) is 0. The molecule has 6 nitrogen and oxygen atoms in total. The van der Waals surface area contributed by atoms with Crippen LogP contribution in [0.3, 0.4) is 0 Å². The third-order valence-electron chi connectivity index (χ3n) is 4.03. The third-order valence-corrected chi connectivity index (χ3v) is 5.13. The minimum atomic E-state index is -0.374. The lowest BCUT2D eigenvalue weighted by Gasteiger charge is -2.15. The van der Waals surface area contributed by atoms with Crippen molar-refractivity contribution in [3.8, 4) is 11.5 Å². The number of nitrogens with one attached hydrogen (secondary N) is 1. The number of carbonyl (C=O) groups excluding carboxylic acids is 2. The van der Waals surface area contributed by atoms with Gasteiger partial charge in [0.15, 0.2) is 11.5 Å². The van der Waals surface area contributed by atoms with Gasteiger partial charge in [-0.3, -0.25) is 4.79 Å². The normalized spacial score (nSPS) is 11.5. The second-order valence-corrected chi connectivity index (χ2v) is 7.43. The fraction of sp³-hybridized carbons (Fsp3) is 0.333. The van der Waals surface area contributed by atoms with Gasteiger partial charge < -0.3 is 19.5 Å². The van der Waals surface area contributed by atoms with E-state index in [2.05, 4.69) is 5.32 Å². The molecule has 0 saturated heterocycles. The topological polar surface area (TPSA) is 73.9 Å². The number of carbonyl (C=O) groups is 2. The molecule has 1 amide bonds. The molecule has 0 saturated carbocycles. The number of benzene rings is 2. The molecule has 0 aliphatic rings. The van der Waals surface area contributed by atoms with Crippen LogP contribution in [0, 0.1) is 6.92 Å². The summed E-state index contributed by atoms with van der Waals surface area (Å²) in [7, 11) is 3.15. The van der Waals surface area contributed by atoms with E-state index < -0.39 is 0 Å². The van der Waals surface area contributed by atoms with Gasteiger partial charge in [-0.1, -0.05) is 0 Å². The minimum absolute atomic E-state index is 0.133. The van der Waals surface area contributed by atoms with Crippen LogP contribution in [-0.4, -0.2) is 38.0 Å². The van der Waals surface area contributed by atoms with Gasteiger partial charge in [-0.15, -0.1) is 11.8 Å². The predicted octanol–water partition coefficient (Wildman–Crippen LogP) is 4.31. The molecule has 0 bridgehead atoms. The van der Waals surface area contributed by atoms with E-state index in [4.69, 9.17) is 14.2 Å². The Morgan fingerprint density at radius 1 is 1.07 bits per heavy atom. The Labute approximate surface area is 169 Å². The summed E-state index contributed by atoms with van der Waals surface area (Å²) in [5, 5.41) is 2.58. The first-order valence-electron chi connectivity index (χ1n) is 8.86. The van der Waals surface area contributed by atoms with Gasteiger partial charge in [0.1, 0.15) is 0 Å². The Bertz CT molecular complexity index is 853. The summed E-state index contributed by atoms with van der Waals surface area (Å²) >= 11 is 1.42. The Morgan fingerprint density at radius 2 is 1.79 bits per heavy atom. The molecule has 0 spiro atoms. The van der Waals surface area contributed by atoms with Crippen molar-refractivity contribution < 1.29 is 23.8 Å². The Morgan fingerprint density at radius 3 is 2.39 bits per heavy atom. The first kappa shape index (κ1) is 21.6. The van der Waals surface area contributed by atoms with E-state index in [0.717, 1.165) is 10.5 Å². The zero-order valence-electron chi connectivity index (χ0n) is 16.7. The molecule has 7 heteroatoms. The van der Waals surface area contributed by atoms with E-state index in [0.29, 0.717) is 29.4 Å². The lowest BCUT2D eigenvalue weighted by Crippen LogP contribution is -2.23. The largest absolute Gasteiger partial charge is 0.493 e. The van der Waals surface area contributed by atoms with Crippen molar-refractivity contribution in [2.24, 2.45) is 0 Å². The summed E-state index contributed by atoms with van der Waals surface area (Å²) < 4.78 is 15.5. The van der Waals surface area contributed by atoms with Crippen LogP contribution in [0.1, 0.15) is 29.8 Å². The number of hydrogen-bond donors (Lipinski definition) is 1. The quantitative estimate of drug-likeness (QED) is 0.523. The Kier molecular flexibility index (Phi) is 7.75. The highest BCUT2D eigenvalue weighted by molar-refractivity contribution is 8.00. The maximum absolute atomic E-state index is 12.6. The van der Waals surface area contributed by atoms with Crippen molar-refractivity contribution in [3.63, 3.8) is 0 Å². The molecule has 0 unspecified atom stereocenters. The van der Waals surface area contributed by atoms with Crippen LogP contribution in [0.25, 0.3) is 0 Å². The SMILES string of the molecule is CCOC(=O)c1ccc(NC(=O)[C@@H](C)Sc2ccc(OC)c(OC)c2)c(C)c1. The molecule has 1 N–H and O–H groups in total. The number of esters is 1. The lowest BCUT2D eigenvalue weighted by molar-refractivity contribution is -0.115. The first-order valence-corrected chi connectivity index (χ1v) is 9.74. The van der Waals surface area contributed by atoms with Gasteiger partial charge >= 0.3 is 5.97 Å². The van der Waals surface area contributed by atoms with E-state index in [9.17, 15) is 9.59 Å². The van der Waals surface area contributed by atoms with Crippen LogP contribution >= 0.6 is 11.8 Å². The molecule has 1 atom stereocenters. The average Bonchev–Trinajstić information content (AvgIpc) is 2.69. The maximum Gasteiger partial charge on any atom is 0.338 e. The van der Waals surface area contributed by atoms with Crippen LogP contribution in [-0.2, 0) is 9.53 Å². The fourth-order valence-corrected chi connectivity index (χ4v) is 3.42. The van der Waals surface area contributed by atoms with Gasteiger partial charge in [-0.05, 0) is 62.7 Å². The highest BCUT2D eigenvalue weighted by Gasteiger charge is 2.17. The number of anilines is 1. The van der Waals surface area contributed by atoms with Gasteiger partial charge in [0, 0.05) is 10.6 Å². The molecule has 0 radical (unpaired) electrons. The molecule has 0 aromatic heterocycles. The number of rotatable bonds is 8. The van der Waals surface area contributed by atoms with Crippen molar-refractivity contribution in [3.05, 3.63) is 47.5 Å². The number of aryl methyl sites for hydroxylation is 1. The maximum atomic E-state index is 12.6. The van der Waals surface area contributed by atoms with Crippen LogP contribution in [0.2, 0.25) is 0 Å².